The molecule has 16 heteroatoms. The largest absolute Gasteiger partial charge is 0.481 e. The Labute approximate surface area is 242 Å². The molecule has 16 nitrogen and oxygen atoms in total. The van der Waals surface area contributed by atoms with Crippen LogP contribution in [-0.4, -0.2) is 84.3 Å². The molecule has 1 aliphatic rings. The van der Waals surface area contributed by atoms with Gasteiger partial charge < -0.3 is 42.7 Å². The Hall–Kier alpha value is -4.57. The maximum Gasteiger partial charge on any atom is 0.305 e. The van der Waals surface area contributed by atoms with Gasteiger partial charge in [-0.3, -0.25) is 33.8 Å². The molecule has 1 heterocycles. The molecule has 1 saturated heterocycles. The summed E-state index contributed by atoms with van der Waals surface area (Å²) in [6.07, 6.45) is -0.416. The minimum absolute atomic E-state index is 0.00642. The number of amides is 4. The fraction of sp³-hybridized carbons (Fsp3) is 0.500. The number of guanidine groups is 1. The minimum atomic E-state index is -1.38. The number of nitrogens with one attached hydrogen (secondary N) is 4. The molecule has 230 valence electrons. The van der Waals surface area contributed by atoms with E-state index in [1.807, 2.05) is 0 Å². The molecule has 0 radical (unpaired) electrons. The van der Waals surface area contributed by atoms with Crippen LogP contribution in [0.4, 0.5) is 0 Å². The molecule has 2 rings (SSSR count). The Morgan fingerprint density at radius 2 is 1.64 bits per heavy atom. The van der Waals surface area contributed by atoms with Gasteiger partial charge in [0.25, 0.3) is 0 Å². The smallest absolute Gasteiger partial charge is 0.305 e. The second-order valence-electron chi connectivity index (χ2n) is 9.73. The number of benzene rings is 1. The predicted octanol–water partition coefficient (Wildman–Crippen LogP) is -2.80. The highest BCUT2D eigenvalue weighted by Gasteiger charge is 2.31. The molecule has 4 unspecified atom stereocenters. The third kappa shape index (κ3) is 11.9. The fourth-order valence-electron chi connectivity index (χ4n) is 4.28. The normalized spacial score (nSPS) is 22.7. The lowest BCUT2D eigenvalue weighted by Gasteiger charge is -2.25. The van der Waals surface area contributed by atoms with E-state index in [1.54, 1.807) is 30.3 Å². The maximum absolute atomic E-state index is 13.4. The highest BCUT2D eigenvalue weighted by Crippen LogP contribution is 2.17. The quantitative estimate of drug-likeness (QED) is 0.0596. The lowest BCUT2D eigenvalue weighted by atomic mass is 9.91. The number of ketones is 1. The first-order chi connectivity index (χ1) is 20.0. The molecule has 1 aliphatic heterocycles. The van der Waals surface area contributed by atoms with E-state index in [0.29, 0.717) is 0 Å². The molecule has 0 aliphatic carbocycles. The van der Waals surface area contributed by atoms with E-state index in [4.69, 9.17) is 17.4 Å². The molecular weight excluding hydrogens is 552 g/mol. The average Bonchev–Trinajstić information content (AvgIpc) is 2.94. The van der Waals surface area contributed by atoms with E-state index in [1.165, 1.54) is 0 Å². The Kier molecular flexibility index (Phi) is 13.8. The lowest BCUT2D eigenvalue weighted by molar-refractivity contribution is -0.140. The summed E-state index contributed by atoms with van der Waals surface area (Å²) < 4.78 is 0. The summed E-state index contributed by atoms with van der Waals surface area (Å²) in [7, 11) is 0. The third-order valence-corrected chi connectivity index (χ3v) is 6.43. The van der Waals surface area contributed by atoms with Gasteiger partial charge in [0.15, 0.2) is 11.7 Å². The van der Waals surface area contributed by atoms with Gasteiger partial charge in [-0.25, -0.2) is 5.90 Å². The van der Waals surface area contributed by atoms with Gasteiger partial charge >= 0.3 is 5.97 Å². The number of carbonyl (C=O) groups excluding carboxylic acids is 5. The number of rotatable bonds is 10. The number of carboxylic acids is 1. The zero-order chi connectivity index (χ0) is 31.1. The van der Waals surface area contributed by atoms with E-state index in [2.05, 4.69) is 31.1 Å². The number of hydrogen-bond acceptors (Lipinski definition) is 9. The van der Waals surface area contributed by atoms with Crippen LogP contribution in [0.3, 0.4) is 0 Å². The number of carbonyl (C=O) groups is 6. The first-order valence-corrected chi connectivity index (χ1v) is 13.3. The van der Waals surface area contributed by atoms with Crippen molar-refractivity contribution in [1.29, 1.82) is 0 Å². The van der Waals surface area contributed by atoms with Gasteiger partial charge in [0.1, 0.15) is 12.1 Å². The van der Waals surface area contributed by atoms with Crippen LogP contribution in [0.1, 0.15) is 37.7 Å². The first-order valence-electron chi connectivity index (χ1n) is 13.3. The number of Topliss-reactive ketones (excluding diaryl/α,β-unsaturated/α-hetero) is 1. The zero-order valence-corrected chi connectivity index (χ0v) is 23.0. The van der Waals surface area contributed by atoms with Crippen LogP contribution in [-0.2, 0) is 40.0 Å². The summed E-state index contributed by atoms with van der Waals surface area (Å²) in [6.45, 7) is -0.875. The first kappa shape index (κ1) is 33.6. The van der Waals surface area contributed by atoms with Crippen molar-refractivity contribution in [2.24, 2.45) is 28.3 Å². The Balaban J connectivity index is 2.38. The van der Waals surface area contributed by atoms with Crippen LogP contribution >= 0.6 is 0 Å². The lowest BCUT2D eigenvalue weighted by Crippen LogP contribution is -2.57. The van der Waals surface area contributed by atoms with Gasteiger partial charge in [-0.2, -0.15) is 0 Å². The molecule has 1 aromatic rings. The summed E-state index contributed by atoms with van der Waals surface area (Å²) in [5, 5.41) is 19.1. The molecule has 42 heavy (non-hydrogen) atoms. The molecule has 1 fully saturated rings. The summed E-state index contributed by atoms with van der Waals surface area (Å²) in [5.74, 6) is -0.620. The van der Waals surface area contributed by atoms with Crippen molar-refractivity contribution in [2.75, 3.05) is 19.7 Å². The number of aliphatic carboxylic acids is 1. The molecule has 4 atom stereocenters. The second-order valence-corrected chi connectivity index (χ2v) is 9.73. The summed E-state index contributed by atoms with van der Waals surface area (Å²) in [6, 6.07) is 5.08. The highest BCUT2D eigenvalue weighted by molar-refractivity contribution is 5.96. The van der Waals surface area contributed by atoms with Crippen LogP contribution < -0.4 is 38.6 Å². The van der Waals surface area contributed by atoms with Crippen LogP contribution in [0, 0.1) is 5.92 Å². The van der Waals surface area contributed by atoms with Crippen LogP contribution in [0.5, 0.6) is 0 Å². The second kappa shape index (κ2) is 17.3. The number of nitrogens with zero attached hydrogens (tertiary/aromatic N) is 1. The molecule has 11 N–H and O–H groups in total. The number of aliphatic imine (C=N–C) groups is 1. The van der Waals surface area contributed by atoms with Gasteiger partial charge in [0.05, 0.1) is 25.6 Å². The summed E-state index contributed by atoms with van der Waals surface area (Å²) in [5.41, 5.74) is 11.4. The topological polar surface area (TPSA) is 270 Å². The molecular formula is C26H38N8O8. The van der Waals surface area contributed by atoms with Crippen molar-refractivity contribution in [1.82, 2.24) is 21.3 Å². The number of carboxylic acid groups (broad SMARTS) is 1. The van der Waals surface area contributed by atoms with Crippen molar-refractivity contribution in [3.05, 3.63) is 35.9 Å². The Bertz CT molecular complexity index is 1140. The molecule has 0 aromatic heterocycles. The van der Waals surface area contributed by atoms with Gasteiger partial charge in [-0.05, 0) is 31.2 Å². The molecule has 4 amide bonds. The van der Waals surface area contributed by atoms with E-state index < -0.39 is 79.0 Å². The summed E-state index contributed by atoms with van der Waals surface area (Å²) >= 11 is 0. The predicted molar refractivity (Wildman–Crippen MR) is 149 cm³/mol. The zero-order valence-electron chi connectivity index (χ0n) is 23.0. The molecule has 0 saturated carbocycles. The Morgan fingerprint density at radius 3 is 2.29 bits per heavy atom. The fourth-order valence-corrected chi connectivity index (χ4v) is 4.28. The van der Waals surface area contributed by atoms with Crippen LogP contribution in [0.25, 0.3) is 0 Å². The number of nitrogens with two attached hydrogens (primary N) is 3. The van der Waals surface area contributed by atoms with Gasteiger partial charge in [-0.1, -0.05) is 30.3 Å². The van der Waals surface area contributed by atoms with Crippen molar-refractivity contribution < 1.29 is 38.7 Å². The third-order valence-electron chi connectivity index (χ3n) is 6.43. The van der Waals surface area contributed by atoms with E-state index in [-0.39, 0.29) is 44.6 Å². The maximum atomic E-state index is 13.4. The van der Waals surface area contributed by atoms with Crippen molar-refractivity contribution >= 4 is 41.3 Å². The minimum Gasteiger partial charge on any atom is -0.481 e. The highest BCUT2D eigenvalue weighted by atomic mass is 16.6. The van der Waals surface area contributed by atoms with Crippen molar-refractivity contribution in [2.45, 2.75) is 56.7 Å². The van der Waals surface area contributed by atoms with E-state index in [0.717, 1.165) is 5.56 Å². The van der Waals surface area contributed by atoms with E-state index >= 15 is 0 Å². The standard InChI is InChI=1S/C26H38N8O8/c27-26(28)30-10-4-7-17-24(40)31-13-21(36)32-18(12-22(37)38)20(35)9-8-16(11-15-5-2-1-3-6-15)23(39)34-19(14-42-29)25(41)33-17/h1-3,5-6,16-19H,4,7-14,29H2,(H,31,40)(H,32,36)(H,33,41)(H,34,39)(H,37,38)(H4,27,28,30). The van der Waals surface area contributed by atoms with Gasteiger partial charge in [-0.15, -0.1) is 0 Å². The van der Waals surface area contributed by atoms with Crippen LogP contribution in [0.15, 0.2) is 35.3 Å². The van der Waals surface area contributed by atoms with Gasteiger partial charge in [0.2, 0.25) is 23.6 Å². The van der Waals surface area contributed by atoms with Crippen molar-refractivity contribution in [3.8, 4) is 0 Å². The molecule has 1 aromatic carbocycles. The average molecular weight is 591 g/mol. The SMILES string of the molecule is NOCC1NC(=O)C(Cc2ccccc2)CCC(=O)C(CC(=O)O)NC(=O)CNC(=O)C(CCCN=C(N)N)NC1=O. The molecule has 0 spiro atoms. The number of hydrogen-bond donors (Lipinski definition) is 8. The monoisotopic (exact) mass is 590 g/mol. The molecule has 0 bridgehead atoms. The Morgan fingerprint density at radius 1 is 0.952 bits per heavy atom. The van der Waals surface area contributed by atoms with Crippen LogP contribution in [0.2, 0.25) is 0 Å². The van der Waals surface area contributed by atoms with Crippen molar-refractivity contribution in [3.63, 3.8) is 0 Å². The van der Waals surface area contributed by atoms with Gasteiger partial charge in [0, 0.05) is 18.9 Å². The van der Waals surface area contributed by atoms with E-state index in [9.17, 15) is 33.9 Å². The summed E-state index contributed by atoms with van der Waals surface area (Å²) in [4.78, 5) is 84.9.